The van der Waals surface area contributed by atoms with Gasteiger partial charge in [-0.1, -0.05) is 41.4 Å². The van der Waals surface area contributed by atoms with Crippen molar-refractivity contribution in [1.29, 1.82) is 0 Å². The zero-order chi connectivity index (χ0) is 22.2. The summed E-state index contributed by atoms with van der Waals surface area (Å²) in [6.07, 6.45) is 0. The van der Waals surface area contributed by atoms with E-state index < -0.39 is 0 Å². The van der Waals surface area contributed by atoms with E-state index in [1.807, 2.05) is 55.5 Å². The monoisotopic (exact) mass is 570 g/mol. The van der Waals surface area contributed by atoms with Crippen LogP contribution in [0.1, 0.15) is 12.5 Å². The van der Waals surface area contributed by atoms with Crippen molar-refractivity contribution in [3.05, 3.63) is 79.8 Å². The van der Waals surface area contributed by atoms with Gasteiger partial charge in [0.1, 0.15) is 0 Å². The minimum atomic E-state index is -0.243. The summed E-state index contributed by atoms with van der Waals surface area (Å²) in [7, 11) is 0. The topological polar surface area (TPSA) is 59.6 Å². The highest BCUT2D eigenvalue weighted by Gasteiger charge is 2.14. The van der Waals surface area contributed by atoms with Crippen LogP contribution < -0.4 is 20.1 Å². The predicted octanol–water partition coefficient (Wildman–Crippen LogP) is 6.63. The van der Waals surface area contributed by atoms with E-state index in [4.69, 9.17) is 32.7 Å². The average Bonchev–Trinajstić information content (AvgIpc) is 2.73. The van der Waals surface area contributed by atoms with Crippen molar-refractivity contribution >= 4 is 63.1 Å². The summed E-state index contributed by atoms with van der Waals surface area (Å²) < 4.78 is 12.4. The summed E-state index contributed by atoms with van der Waals surface area (Å²) in [4.78, 5) is 12.2. The van der Waals surface area contributed by atoms with Crippen LogP contribution in [0.3, 0.4) is 0 Å². The largest absolute Gasteiger partial charge is 0.490 e. The van der Waals surface area contributed by atoms with Gasteiger partial charge in [0.15, 0.2) is 18.1 Å². The number of benzene rings is 3. The lowest BCUT2D eigenvalue weighted by molar-refractivity contribution is -0.118. The average molecular weight is 571 g/mol. The van der Waals surface area contributed by atoms with Crippen LogP contribution in [0.4, 0.5) is 11.4 Å². The number of carbonyl (C=O) groups is 1. The van der Waals surface area contributed by atoms with Crippen molar-refractivity contribution in [2.45, 2.75) is 13.5 Å². The summed E-state index contributed by atoms with van der Waals surface area (Å²) >= 11 is 14.4. The normalized spacial score (nSPS) is 10.5. The molecule has 0 saturated carbocycles. The highest BCUT2D eigenvalue weighted by molar-refractivity contribution is 14.1. The van der Waals surface area contributed by atoms with Gasteiger partial charge in [0.05, 0.1) is 20.9 Å². The lowest BCUT2D eigenvalue weighted by atomic mass is 10.2. The number of rotatable bonds is 9. The number of hydrogen-bond acceptors (Lipinski definition) is 4. The van der Waals surface area contributed by atoms with Gasteiger partial charge in [-0.2, -0.15) is 0 Å². The lowest BCUT2D eigenvalue weighted by Gasteiger charge is -2.16. The van der Waals surface area contributed by atoms with Crippen LogP contribution in [0.2, 0.25) is 10.0 Å². The third kappa shape index (κ3) is 6.92. The second-order valence-electron chi connectivity index (χ2n) is 6.52. The molecule has 0 fully saturated rings. The molecule has 0 aliphatic carbocycles. The number of nitrogens with one attached hydrogen (secondary N) is 2. The van der Waals surface area contributed by atoms with Crippen LogP contribution in [0, 0.1) is 3.57 Å². The Labute approximate surface area is 205 Å². The zero-order valence-electron chi connectivity index (χ0n) is 16.8. The summed E-state index contributed by atoms with van der Waals surface area (Å²) in [5, 5.41) is 7.24. The number of ether oxygens (including phenoxy) is 2. The molecule has 0 aliphatic heterocycles. The molecule has 3 rings (SSSR count). The molecule has 3 aromatic carbocycles. The van der Waals surface area contributed by atoms with Crippen molar-refractivity contribution in [1.82, 2.24) is 0 Å². The van der Waals surface area contributed by atoms with E-state index in [-0.39, 0.29) is 12.5 Å². The second kappa shape index (κ2) is 11.5. The molecule has 0 aromatic heterocycles. The van der Waals surface area contributed by atoms with Gasteiger partial charge in [0, 0.05) is 17.3 Å². The number of hydrogen-bond donors (Lipinski definition) is 2. The lowest BCUT2D eigenvalue weighted by Crippen LogP contribution is -2.20. The molecule has 3 aromatic rings. The Morgan fingerprint density at radius 2 is 1.81 bits per heavy atom. The number of anilines is 2. The van der Waals surface area contributed by atoms with Crippen LogP contribution >= 0.6 is 45.8 Å². The van der Waals surface area contributed by atoms with E-state index in [1.165, 1.54) is 0 Å². The first-order valence-corrected chi connectivity index (χ1v) is 11.4. The molecule has 0 aliphatic rings. The van der Waals surface area contributed by atoms with Crippen molar-refractivity contribution in [2.24, 2.45) is 0 Å². The molecule has 0 bridgehead atoms. The van der Waals surface area contributed by atoms with Crippen molar-refractivity contribution in [3.8, 4) is 11.5 Å². The van der Waals surface area contributed by atoms with Crippen LogP contribution in [0.25, 0.3) is 0 Å². The van der Waals surface area contributed by atoms with E-state index in [1.54, 1.807) is 12.1 Å². The van der Waals surface area contributed by atoms with Gasteiger partial charge in [0.2, 0.25) is 0 Å². The van der Waals surface area contributed by atoms with Gasteiger partial charge < -0.3 is 20.1 Å². The van der Waals surface area contributed by atoms with Crippen molar-refractivity contribution < 1.29 is 14.3 Å². The van der Waals surface area contributed by atoms with Gasteiger partial charge >= 0.3 is 0 Å². The maximum absolute atomic E-state index is 12.2. The molecule has 0 saturated heterocycles. The highest BCUT2D eigenvalue weighted by Crippen LogP contribution is 2.35. The Bertz CT molecular complexity index is 1050. The SMILES string of the molecule is CCOc1cc(CNc2ccc(Cl)cc2Cl)cc(I)c1OCC(=O)Nc1ccccc1. The summed E-state index contributed by atoms with van der Waals surface area (Å²) in [5.74, 6) is 0.882. The minimum Gasteiger partial charge on any atom is -0.490 e. The Hall–Kier alpha value is -2.16. The predicted molar refractivity (Wildman–Crippen MR) is 135 cm³/mol. The molecule has 0 heterocycles. The van der Waals surface area contributed by atoms with E-state index >= 15 is 0 Å². The zero-order valence-corrected chi connectivity index (χ0v) is 20.4. The van der Waals surface area contributed by atoms with E-state index in [9.17, 15) is 4.79 Å². The number of para-hydroxylation sites is 1. The van der Waals surface area contributed by atoms with Crippen LogP contribution in [0.15, 0.2) is 60.7 Å². The molecule has 0 spiro atoms. The van der Waals surface area contributed by atoms with Gasteiger partial charge in [-0.3, -0.25) is 4.79 Å². The first-order valence-electron chi connectivity index (χ1n) is 9.58. The molecule has 1 amide bonds. The molecule has 31 heavy (non-hydrogen) atoms. The Morgan fingerprint density at radius 3 is 2.52 bits per heavy atom. The summed E-state index contributed by atoms with van der Waals surface area (Å²) in [6.45, 7) is 2.79. The third-order valence-corrected chi connectivity index (χ3v) is 5.54. The second-order valence-corrected chi connectivity index (χ2v) is 8.52. The Balaban J connectivity index is 1.68. The molecule has 2 N–H and O–H groups in total. The molecule has 5 nitrogen and oxygen atoms in total. The van der Waals surface area contributed by atoms with E-state index in [2.05, 4.69) is 33.2 Å². The minimum absolute atomic E-state index is 0.122. The molecule has 8 heteroatoms. The van der Waals surface area contributed by atoms with E-state index in [0.717, 1.165) is 20.5 Å². The maximum Gasteiger partial charge on any atom is 0.262 e. The van der Waals surface area contributed by atoms with Crippen molar-refractivity contribution in [3.63, 3.8) is 0 Å². The number of amides is 1. The standard InChI is InChI=1S/C23H21Cl2IN2O3/c1-2-30-21-11-15(13-27-20-9-8-16(24)12-18(20)25)10-19(26)23(21)31-14-22(29)28-17-6-4-3-5-7-17/h3-12,27H,2,13-14H2,1H3,(H,28,29). The van der Waals surface area contributed by atoms with Gasteiger partial charge in [-0.25, -0.2) is 0 Å². The van der Waals surface area contributed by atoms with Crippen LogP contribution in [0.5, 0.6) is 11.5 Å². The van der Waals surface area contributed by atoms with Gasteiger partial charge in [-0.05, 0) is 77.5 Å². The molecule has 0 unspecified atom stereocenters. The molecule has 0 radical (unpaired) electrons. The summed E-state index contributed by atoms with van der Waals surface area (Å²) in [6, 6.07) is 18.4. The summed E-state index contributed by atoms with van der Waals surface area (Å²) in [5.41, 5.74) is 2.50. The molecule has 0 atom stereocenters. The fraction of sp³-hybridized carbons (Fsp3) is 0.174. The first-order chi connectivity index (χ1) is 15.0. The van der Waals surface area contributed by atoms with Crippen LogP contribution in [-0.4, -0.2) is 19.1 Å². The Morgan fingerprint density at radius 1 is 1.03 bits per heavy atom. The Kier molecular flexibility index (Phi) is 8.69. The van der Waals surface area contributed by atoms with Gasteiger partial charge in [0.25, 0.3) is 5.91 Å². The highest BCUT2D eigenvalue weighted by atomic mass is 127. The molecule has 162 valence electrons. The first kappa shape index (κ1) is 23.5. The number of halogens is 3. The number of carbonyl (C=O) groups excluding carboxylic acids is 1. The fourth-order valence-electron chi connectivity index (χ4n) is 2.81. The van der Waals surface area contributed by atoms with E-state index in [0.29, 0.717) is 34.7 Å². The third-order valence-electron chi connectivity index (χ3n) is 4.19. The molecular weight excluding hydrogens is 550 g/mol. The van der Waals surface area contributed by atoms with Gasteiger partial charge in [-0.15, -0.1) is 0 Å². The fourth-order valence-corrected chi connectivity index (χ4v) is 4.11. The molecular formula is C23H21Cl2IN2O3. The van der Waals surface area contributed by atoms with Crippen LogP contribution in [-0.2, 0) is 11.3 Å². The smallest absolute Gasteiger partial charge is 0.262 e. The van der Waals surface area contributed by atoms with Crippen molar-refractivity contribution in [2.75, 3.05) is 23.8 Å². The quantitative estimate of drug-likeness (QED) is 0.284. The maximum atomic E-state index is 12.2.